The minimum absolute atomic E-state index is 0.0528. The van der Waals surface area contributed by atoms with E-state index in [0.29, 0.717) is 47.5 Å². The third-order valence-corrected chi connectivity index (χ3v) is 10.8. The molecule has 0 radical (unpaired) electrons. The van der Waals surface area contributed by atoms with Crippen molar-refractivity contribution >= 4 is 35.1 Å². The third kappa shape index (κ3) is 7.20. The highest BCUT2D eigenvalue weighted by atomic mass is 35.5. The van der Waals surface area contributed by atoms with Crippen molar-refractivity contribution in [3.63, 3.8) is 0 Å². The normalized spacial score (nSPS) is 24.3. The van der Waals surface area contributed by atoms with E-state index in [-0.39, 0.29) is 24.3 Å². The van der Waals surface area contributed by atoms with Gasteiger partial charge in [-0.15, -0.1) is 0 Å². The van der Waals surface area contributed by atoms with Crippen LogP contribution in [0.25, 0.3) is 0 Å². The van der Waals surface area contributed by atoms with E-state index < -0.39 is 6.04 Å². The highest BCUT2D eigenvalue weighted by molar-refractivity contribution is 6.30. The van der Waals surface area contributed by atoms with Gasteiger partial charge in [-0.2, -0.15) is 0 Å². The monoisotopic (exact) mass is 688 g/mol. The number of hydrogen-bond acceptors (Lipinski definition) is 9. The quantitative estimate of drug-likeness (QED) is 0.288. The fourth-order valence-corrected chi connectivity index (χ4v) is 7.90. The fourth-order valence-electron chi connectivity index (χ4n) is 7.77. The third-order valence-electron chi connectivity index (χ3n) is 10.5. The van der Waals surface area contributed by atoms with Crippen molar-refractivity contribution in [1.82, 2.24) is 19.8 Å². The largest absolute Gasteiger partial charge is 0.493 e. The fraction of sp³-hybridized carbons (Fsp3) is 0.514. The molecular weight excluding hydrogens is 644 g/mol. The van der Waals surface area contributed by atoms with Gasteiger partial charge >= 0.3 is 0 Å². The number of ether oxygens (including phenoxy) is 3. The molecule has 4 heterocycles. The molecule has 11 nitrogen and oxygen atoms in total. The Hall–Kier alpha value is -3.93. The van der Waals surface area contributed by atoms with Gasteiger partial charge in [0.25, 0.3) is 0 Å². The Labute approximate surface area is 293 Å². The number of methoxy groups -OCH3 is 1. The van der Waals surface area contributed by atoms with Gasteiger partial charge < -0.3 is 24.0 Å². The maximum atomic E-state index is 13.9. The molecule has 2 unspecified atom stereocenters. The zero-order chi connectivity index (χ0) is 34.1. The number of halogens is 1. The van der Waals surface area contributed by atoms with Gasteiger partial charge in [-0.1, -0.05) is 23.7 Å². The summed E-state index contributed by atoms with van der Waals surface area (Å²) in [6, 6.07) is 11.5. The van der Waals surface area contributed by atoms with Crippen molar-refractivity contribution in [2.24, 2.45) is 5.92 Å². The molecule has 260 valence electrons. The number of amides is 2. The number of likely N-dealkylation sites (N-methyl/N-ethyl adjacent to an activating group) is 1. The number of nitrogens with zero attached hydrogens (tertiary/aromatic N) is 6. The molecule has 3 aromatic rings. The number of rotatable bonds is 10. The summed E-state index contributed by atoms with van der Waals surface area (Å²) in [4.78, 5) is 43.6. The molecule has 0 bridgehead atoms. The number of aromatic nitrogens is 2. The standard InChI is InChI=1S/C37H45ClN6O5/c1-41(20-24-6-12-28(13-7-24)43-21-36(46)42(2)23-43)33-18-40-34(19-39-33)44-35(45)16-26-15-31(47-3)32(49-22-29-5-4-14-48-29)17-30(26)37(44)25-8-10-27(38)11-9-25/h8-11,15,17-19,24,28-29,37H,4-7,12-14,16,20-23H2,1-3H3. The van der Waals surface area contributed by atoms with Gasteiger partial charge in [-0.25, -0.2) is 9.97 Å². The first-order valence-electron chi connectivity index (χ1n) is 17.3. The zero-order valence-corrected chi connectivity index (χ0v) is 29.3. The first kappa shape index (κ1) is 33.6. The Balaban J connectivity index is 1.09. The molecule has 12 heteroatoms. The Morgan fingerprint density at radius 3 is 2.45 bits per heavy atom. The van der Waals surface area contributed by atoms with E-state index in [0.717, 1.165) is 80.9 Å². The summed E-state index contributed by atoms with van der Waals surface area (Å²) < 4.78 is 17.8. The van der Waals surface area contributed by atoms with E-state index in [1.165, 1.54) is 0 Å². The summed E-state index contributed by atoms with van der Waals surface area (Å²) in [6.45, 7) is 3.33. The maximum Gasteiger partial charge on any atom is 0.237 e. The van der Waals surface area contributed by atoms with Crippen molar-refractivity contribution in [2.45, 2.75) is 63.1 Å². The molecule has 2 aromatic carbocycles. The lowest BCUT2D eigenvalue weighted by Gasteiger charge is -2.37. The van der Waals surface area contributed by atoms with Gasteiger partial charge in [0.15, 0.2) is 17.3 Å². The van der Waals surface area contributed by atoms with Crippen LogP contribution >= 0.6 is 11.6 Å². The molecule has 2 saturated heterocycles. The van der Waals surface area contributed by atoms with E-state index in [1.807, 2.05) is 55.4 Å². The molecule has 0 spiro atoms. The lowest BCUT2D eigenvalue weighted by atomic mass is 9.85. The average Bonchev–Trinajstić information content (AvgIpc) is 3.76. The van der Waals surface area contributed by atoms with Crippen LogP contribution in [0.3, 0.4) is 0 Å². The molecule has 2 amide bonds. The summed E-state index contributed by atoms with van der Waals surface area (Å²) in [5.74, 6) is 3.12. The van der Waals surface area contributed by atoms with Crippen LogP contribution in [-0.4, -0.2) is 97.9 Å². The predicted octanol–water partition coefficient (Wildman–Crippen LogP) is 5.10. The molecule has 1 saturated carbocycles. The van der Waals surface area contributed by atoms with Crippen molar-refractivity contribution in [3.8, 4) is 11.5 Å². The molecule has 3 fully saturated rings. The summed E-state index contributed by atoms with van der Waals surface area (Å²) in [5.41, 5.74) is 2.72. The van der Waals surface area contributed by atoms with Gasteiger partial charge in [0, 0.05) is 38.3 Å². The van der Waals surface area contributed by atoms with E-state index in [1.54, 1.807) is 24.4 Å². The minimum Gasteiger partial charge on any atom is -0.493 e. The number of fused-ring (bicyclic) bond motifs is 1. The van der Waals surface area contributed by atoms with Crippen molar-refractivity contribution in [1.29, 1.82) is 0 Å². The molecule has 3 aliphatic heterocycles. The number of benzene rings is 2. The predicted molar refractivity (Wildman–Crippen MR) is 187 cm³/mol. The van der Waals surface area contributed by atoms with Crippen LogP contribution in [0.2, 0.25) is 5.02 Å². The molecule has 0 N–H and O–H groups in total. The van der Waals surface area contributed by atoms with E-state index in [2.05, 4.69) is 9.80 Å². The molecule has 1 aliphatic carbocycles. The minimum atomic E-state index is -0.469. The molecule has 2 atom stereocenters. The first-order valence-corrected chi connectivity index (χ1v) is 17.7. The molecule has 1 aromatic heterocycles. The van der Waals surface area contributed by atoms with E-state index in [4.69, 9.17) is 35.8 Å². The smallest absolute Gasteiger partial charge is 0.237 e. The van der Waals surface area contributed by atoms with Crippen LogP contribution in [0.15, 0.2) is 48.8 Å². The molecular formula is C37H45ClN6O5. The maximum absolute atomic E-state index is 13.9. The lowest BCUT2D eigenvalue weighted by molar-refractivity contribution is -0.125. The van der Waals surface area contributed by atoms with Gasteiger partial charge in [0.05, 0.1) is 51.3 Å². The summed E-state index contributed by atoms with van der Waals surface area (Å²) in [5, 5.41) is 0.618. The summed E-state index contributed by atoms with van der Waals surface area (Å²) >= 11 is 6.29. The number of hydrogen-bond donors (Lipinski definition) is 0. The van der Waals surface area contributed by atoms with Crippen LogP contribution in [-0.2, 0) is 20.7 Å². The van der Waals surface area contributed by atoms with Crippen LogP contribution < -0.4 is 19.3 Å². The van der Waals surface area contributed by atoms with Crippen LogP contribution in [0.1, 0.15) is 61.3 Å². The lowest BCUT2D eigenvalue weighted by Crippen LogP contribution is -2.41. The van der Waals surface area contributed by atoms with Gasteiger partial charge in [-0.3, -0.25) is 19.4 Å². The molecule has 7 rings (SSSR count). The highest BCUT2D eigenvalue weighted by Crippen LogP contribution is 2.43. The zero-order valence-electron chi connectivity index (χ0n) is 28.5. The first-order chi connectivity index (χ1) is 23.8. The second kappa shape index (κ2) is 14.5. The van der Waals surface area contributed by atoms with Crippen molar-refractivity contribution < 1.29 is 23.8 Å². The van der Waals surface area contributed by atoms with E-state index >= 15 is 0 Å². The summed E-state index contributed by atoms with van der Waals surface area (Å²) in [6.07, 6.45) is 10.1. The highest BCUT2D eigenvalue weighted by Gasteiger charge is 2.37. The number of carbonyl (C=O) groups is 2. The second-order valence-electron chi connectivity index (χ2n) is 13.8. The number of carbonyl (C=O) groups excluding carboxylic acids is 2. The second-order valence-corrected chi connectivity index (χ2v) is 14.2. The Morgan fingerprint density at radius 1 is 1.00 bits per heavy atom. The average molecular weight is 689 g/mol. The van der Waals surface area contributed by atoms with Gasteiger partial charge in [-0.05, 0) is 85.4 Å². The van der Waals surface area contributed by atoms with Crippen molar-refractivity contribution in [2.75, 3.05) is 64.0 Å². The van der Waals surface area contributed by atoms with Crippen molar-refractivity contribution in [3.05, 3.63) is 70.5 Å². The van der Waals surface area contributed by atoms with Gasteiger partial charge in [0.1, 0.15) is 12.4 Å². The number of anilines is 2. The summed E-state index contributed by atoms with van der Waals surface area (Å²) in [7, 11) is 5.54. The van der Waals surface area contributed by atoms with E-state index in [9.17, 15) is 9.59 Å². The Bertz CT molecular complexity index is 1640. The topological polar surface area (TPSA) is 101 Å². The van der Waals surface area contributed by atoms with Gasteiger partial charge in [0.2, 0.25) is 11.8 Å². The van der Waals surface area contributed by atoms with Crippen LogP contribution in [0.5, 0.6) is 11.5 Å². The van der Waals surface area contributed by atoms with Crippen LogP contribution in [0.4, 0.5) is 11.6 Å². The Kier molecular flexibility index (Phi) is 9.94. The molecule has 49 heavy (non-hydrogen) atoms. The SMILES string of the molecule is COc1cc2c(cc1OCC1CCCO1)C(c1ccc(Cl)cc1)N(c1cnc(N(C)CC3CCC(N4CC(=O)N(C)C4)CC3)cn1)C(=O)C2. The van der Waals surface area contributed by atoms with Crippen LogP contribution in [0, 0.1) is 5.92 Å². The molecule has 4 aliphatic rings. The Morgan fingerprint density at radius 2 is 1.80 bits per heavy atom.